The Hall–Kier alpha value is -3.60. The lowest BCUT2D eigenvalue weighted by atomic mass is 10.0. The third-order valence-electron chi connectivity index (χ3n) is 6.65. The summed E-state index contributed by atoms with van der Waals surface area (Å²) in [5, 5.41) is 9.22. The number of nitrogens with zero attached hydrogens (tertiary/aromatic N) is 5. The minimum Gasteiger partial charge on any atom is -0.344 e. The molecule has 2 aromatic carbocycles. The molecule has 1 atom stereocenters. The van der Waals surface area contributed by atoms with Crippen LogP contribution in [0.25, 0.3) is 22.0 Å². The molecule has 10 heteroatoms. The Balaban J connectivity index is 1.41. The second-order valence-electron chi connectivity index (χ2n) is 8.90. The van der Waals surface area contributed by atoms with Crippen LogP contribution in [0.4, 0.5) is 17.5 Å². The Bertz CT molecular complexity index is 1470. The lowest BCUT2D eigenvalue weighted by Crippen LogP contribution is -2.42. The van der Waals surface area contributed by atoms with Crippen molar-refractivity contribution < 1.29 is 8.42 Å². The molecule has 5 rings (SSSR count). The van der Waals surface area contributed by atoms with Crippen molar-refractivity contribution in [2.24, 2.45) is 5.14 Å². The SMILES string of the molecule is CCN1CCC[C@@H]1N(C)c1ccc(-c2cccc3cnc(Nc4ccc(S(N)(=O)=O)cc4)nc23)cn1. The molecule has 0 aliphatic carbocycles. The molecule has 36 heavy (non-hydrogen) atoms. The second-order valence-corrected chi connectivity index (χ2v) is 10.5. The number of nitrogens with two attached hydrogens (primary N) is 1. The maximum absolute atomic E-state index is 11.5. The first-order valence-electron chi connectivity index (χ1n) is 11.9. The average Bonchev–Trinajstić information content (AvgIpc) is 3.37. The quantitative estimate of drug-likeness (QED) is 0.389. The van der Waals surface area contributed by atoms with Crippen LogP contribution < -0.4 is 15.4 Å². The third kappa shape index (κ3) is 4.88. The van der Waals surface area contributed by atoms with E-state index in [1.807, 2.05) is 24.4 Å². The van der Waals surface area contributed by atoms with Gasteiger partial charge in [0.15, 0.2) is 0 Å². The van der Waals surface area contributed by atoms with Gasteiger partial charge in [0.2, 0.25) is 16.0 Å². The zero-order chi connectivity index (χ0) is 25.3. The molecule has 3 heterocycles. The Morgan fingerprint density at radius 3 is 2.58 bits per heavy atom. The highest BCUT2D eigenvalue weighted by Crippen LogP contribution is 2.30. The van der Waals surface area contributed by atoms with Crippen LogP contribution in [-0.2, 0) is 10.0 Å². The average molecular weight is 504 g/mol. The van der Waals surface area contributed by atoms with E-state index in [0.29, 0.717) is 17.8 Å². The van der Waals surface area contributed by atoms with Crippen LogP contribution in [0, 0.1) is 0 Å². The molecule has 1 fully saturated rings. The monoisotopic (exact) mass is 503 g/mol. The van der Waals surface area contributed by atoms with E-state index in [1.165, 1.54) is 18.6 Å². The van der Waals surface area contributed by atoms with Gasteiger partial charge < -0.3 is 10.2 Å². The highest BCUT2D eigenvalue weighted by Gasteiger charge is 2.27. The maximum Gasteiger partial charge on any atom is 0.238 e. The molecular formula is C26H29N7O2S. The number of rotatable bonds is 7. The Morgan fingerprint density at radius 2 is 1.89 bits per heavy atom. The molecule has 4 aromatic rings. The van der Waals surface area contributed by atoms with Crippen LogP contribution in [0.1, 0.15) is 19.8 Å². The van der Waals surface area contributed by atoms with Crippen molar-refractivity contribution in [3.05, 3.63) is 67.0 Å². The summed E-state index contributed by atoms with van der Waals surface area (Å²) in [6.07, 6.45) is 6.40. The van der Waals surface area contributed by atoms with Gasteiger partial charge in [-0.2, -0.15) is 0 Å². The van der Waals surface area contributed by atoms with E-state index >= 15 is 0 Å². The lowest BCUT2D eigenvalue weighted by Gasteiger charge is -2.32. The fraction of sp³-hybridized carbons (Fsp3) is 0.269. The first kappa shape index (κ1) is 24.1. The molecule has 186 valence electrons. The Morgan fingerprint density at radius 1 is 1.08 bits per heavy atom. The van der Waals surface area contributed by atoms with Crippen molar-refractivity contribution in [2.45, 2.75) is 30.8 Å². The first-order chi connectivity index (χ1) is 17.3. The van der Waals surface area contributed by atoms with Crippen molar-refractivity contribution in [1.29, 1.82) is 0 Å². The summed E-state index contributed by atoms with van der Waals surface area (Å²) < 4.78 is 23.0. The predicted octanol–water partition coefficient (Wildman–Crippen LogP) is 3.96. The van der Waals surface area contributed by atoms with Gasteiger partial charge in [-0.1, -0.05) is 25.1 Å². The van der Waals surface area contributed by atoms with Crippen molar-refractivity contribution in [1.82, 2.24) is 19.9 Å². The van der Waals surface area contributed by atoms with Crippen LogP contribution in [0.3, 0.4) is 0 Å². The summed E-state index contributed by atoms with van der Waals surface area (Å²) in [6, 6.07) is 16.3. The van der Waals surface area contributed by atoms with Gasteiger partial charge in [0.25, 0.3) is 0 Å². The Labute approximate surface area is 211 Å². The topological polar surface area (TPSA) is 117 Å². The van der Waals surface area contributed by atoms with Gasteiger partial charge in [-0.25, -0.2) is 28.5 Å². The predicted molar refractivity (Wildman–Crippen MR) is 143 cm³/mol. The van der Waals surface area contributed by atoms with E-state index in [-0.39, 0.29) is 4.90 Å². The number of pyridine rings is 1. The number of benzene rings is 2. The van der Waals surface area contributed by atoms with Crippen LogP contribution in [0.5, 0.6) is 0 Å². The number of para-hydroxylation sites is 1. The summed E-state index contributed by atoms with van der Waals surface area (Å²) >= 11 is 0. The van der Waals surface area contributed by atoms with E-state index in [0.717, 1.165) is 47.4 Å². The van der Waals surface area contributed by atoms with Gasteiger partial charge in [-0.15, -0.1) is 0 Å². The third-order valence-corrected chi connectivity index (χ3v) is 7.58. The van der Waals surface area contributed by atoms with E-state index in [4.69, 9.17) is 15.1 Å². The summed E-state index contributed by atoms with van der Waals surface area (Å²) in [5.41, 5.74) is 3.38. The standard InChI is InChI=1S/C26H29N7O2S/c1-3-33-15-5-8-24(33)32(2)23-14-9-18(16-28-23)22-7-4-6-19-17-29-26(31-25(19)22)30-20-10-12-21(13-11-20)36(27,34)35/h4,6-7,9-14,16-17,24H,3,5,8,15H2,1-2H3,(H2,27,34,35)(H,29,30,31)/t24-/m1/s1. The molecule has 9 nitrogen and oxygen atoms in total. The number of sulfonamides is 1. The largest absolute Gasteiger partial charge is 0.344 e. The normalized spacial score (nSPS) is 16.4. The number of nitrogens with one attached hydrogen (secondary N) is 1. The van der Waals surface area contributed by atoms with Gasteiger partial charge in [-0.3, -0.25) is 4.90 Å². The number of hydrogen-bond donors (Lipinski definition) is 2. The van der Waals surface area contributed by atoms with Gasteiger partial charge in [0, 0.05) is 48.2 Å². The molecule has 1 aliphatic heterocycles. The van der Waals surface area contributed by atoms with Gasteiger partial charge in [0.05, 0.1) is 16.6 Å². The van der Waals surface area contributed by atoms with Crippen LogP contribution >= 0.6 is 0 Å². The van der Waals surface area contributed by atoms with Crippen LogP contribution in [0.15, 0.2) is 71.9 Å². The fourth-order valence-electron chi connectivity index (χ4n) is 4.73. The molecule has 1 saturated heterocycles. The van der Waals surface area contributed by atoms with Gasteiger partial charge >= 0.3 is 0 Å². The minimum atomic E-state index is -3.75. The van der Waals surface area contributed by atoms with E-state index in [2.05, 4.69) is 46.2 Å². The smallest absolute Gasteiger partial charge is 0.238 e. The molecular weight excluding hydrogens is 474 g/mol. The number of fused-ring (bicyclic) bond motifs is 1. The highest BCUT2D eigenvalue weighted by atomic mass is 32.2. The minimum absolute atomic E-state index is 0.0479. The Kier molecular flexibility index (Phi) is 6.57. The van der Waals surface area contributed by atoms with E-state index < -0.39 is 10.0 Å². The molecule has 3 N–H and O–H groups in total. The van der Waals surface area contributed by atoms with Gasteiger partial charge in [0.1, 0.15) is 5.82 Å². The number of anilines is 3. The fourth-order valence-corrected chi connectivity index (χ4v) is 5.24. The highest BCUT2D eigenvalue weighted by molar-refractivity contribution is 7.89. The van der Waals surface area contributed by atoms with Crippen molar-refractivity contribution in [3.8, 4) is 11.1 Å². The van der Waals surface area contributed by atoms with E-state index in [9.17, 15) is 8.42 Å². The molecule has 0 amide bonds. The number of primary sulfonamides is 1. The van der Waals surface area contributed by atoms with Crippen molar-refractivity contribution in [3.63, 3.8) is 0 Å². The zero-order valence-electron chi connectivity index (χ0n) is 20.3. The molecule has 1 aliphatic rings. The van der Waals surface area contributed by atoms with Crippen LogP contribution in [-0.4, -0.2) is 54.6 Å². The summed E-state index contributed by atoms with van der Waals surface area (Å²) in [6.45, 7) is 4.37. The van der Waals surface area contributed by atoms with Crippen molar-refractivity contribution >= 4 is 38.4 Å². The lowest BCUT2D eigenvalue weighted by molar-refractivity contribution is 0.264. The zero-order valence-corrected chi connectivity index (χ0v) is 21.1. The van der Waals surface area contributed by atoms with Crippen LogP contribution in [0.2, 0.25) is 0 Å². The van der Waals surface area contributed by atoms with E-state index in [1.54, 1.807) is 18.3 Å². The van der Waals surface area contributed by atoms with Gasteiger partial charge in [-0.05, 0) is 55.8 Å². The van der Waals surface area contributed by atoms with Crippen molar-refractivity contribution in [2.75, 3.05) is 30.4 Å². The number of aromatic nitrogens is 3. The molecule has 0 unspecified atom stereocenters. The molecule has 0 spiro atoms. The summed E-state index contributed by atoms with van der Waals surface area (Å²) in [4.78, 5) is 18.7. The molecule has 0 radical (unpaired) electrons. The number of hydrogen-bond acceptors (Lipinski definition) is 8. The molecule has 0 saturated carbocycles. The summed E-state index contributed by atoms with van der Waals surface area (Å²) in [7, 11) is -1.64. The summed E-state index contributed by atoms with van der Waals surface area (Å²) in [5.74, 6) is 1.35. The molecule has 0 bridgehead atoms. The first-order valence-corrected chi connectivity index (χ1v) is 13.5. The number of likely N-dealkylation sites (tertiary alicyclic amines) is 1. The molecule has 2 aromatic heterocycles. The second kappa shape index (κ2) is 9.81. The maximum atomic E-state index is 11.5.